The van der Waals surface area contributed by atoms with Crippen molar-refractivity contribution >= 4 is 5.96 Å². The van der Waals surface area contributed by atoms with E-state index in [9.17, 15) is 0 Å². The summed E-state index contributed by atoms with van der Waals surface area (Å²) in [6.45, 7) is 4.21. The summed E-state index contributed by atoms with van der Waals surface area (Å²) in [7, 11) is 1.99. The highest BCUT2D eigenvalue weighted by Crippen LogP contribution is 2.42. The fraction of sp³-hybridized carbons (Fsp3) is 0.850. The van der Waals surface area contributed by atoms with Gasteiger partial charge in [-0.15, -0.1) is 10.2 Å². The third kappa shape index (κ3) is 4.62. The molecule has 1 aromatic rings. The second kappa shape index (κ2) is 8.59. The summed E-state index contributed by atoms with van der Waals surface area (Å²) in [6, 6.07) is 0.529. The molecule has 3 fully saturated rings. The second-order valence-electron chi connectivity index (χ2n) is 8.51. The molecule has 2 saturated carbocycles. The van der Waals surface area contributed by atoms with E-state index in [1.165, 1.54) is 38.5 Å². The van der Waals surface area contributed by atoms with Gasteiger partial charge in [0.1, 0.15) is 12.4 Å². The molecule has 2 aliphatic carbocycles. The highest BCUT2D eigenvalue weighted by atomic mass is 16.5. The van der Waals surface area contributed by atoms with Crippen LogP contribution in [0.5, 0.6) is 0 Å². The summed E-state index contributed by atoms with van der Waals surface area (Å²) in [4.78, 5) is 4.82. The Balaban J connectivity index is 1.38. The van der Waals surface area contributed by atoms with Gasteiger partial charge in [-0.2, -0.15) is 0 Å². The molecule has 4 atom stereocenters. The van der Waals surface area contributed by atoms with Gasteiger partial charge in [-0.25, -0.2) is 4.99 Å². The van der Waals surface area contributed by atoms with Crippen molar-refractivity contribution in [2.45, 2.75) is 77.0 Å². The minimum atomic E-state index is 0.305. The normalized spacial score (nSPS) is 31.1. The van der Waals surface area contributed by atoms with Crippen LogP contribution < -0.4 is 10.6 Å². The maximum absolute atomic E-state index is 5.76. The number of guanidine groups is 1. The first kappa shape index (κ1) is 18.7. The van der Waals surface area contributed by atoms with Gasteiger partial charge in [0.25, 0.3) is 0 Å². The van der Waals surface area contributed by atoms with Crippen molar-refractivity contribution in [3.8, 4) is 0 Å². The molecule has 1 saturated heterocycles. The fourth-order valence-electron chi connectivity index (χ4n) is 4.93. The van der Waals surface area contributed by atoms with Gasteiger partial charge in [-0.3, -0.25) is 0 Å². The van der Waals surface area contributed by atoms with E-state index in [1.54, 1.807) is 0 Å². The highest BCUT2D eigenvalue weighted by molar-refractivity contribution is 5.80. The summed E-state index contributed by atoms with van der Waals surface area (Å²) in [6.07, 6.45) is 10.8. The summed E-state index contributed by atoms with van der Waals surface area (Å²) in [5.74, 6) is 4.60. The first-order valence-electron chi connectivity index (χ1n) is 10.7. The van der Waals surface area contributed by atoms with E-state index in [1.807, 2.05) is 18.5 Å². The minimum Gasteiger partial charge on any atom is -0.376 e. The van der Waals surface area contributed by atoms with E-state index in [2.05, 4.69) is 20.8 Å². The molecule has 0 spiro atoms. The van der Waals surface area contributed by atoms with Crippen LogP contribution in [0.3, 0.4) is 0 Å². The van der Waals surface area contributed by atoms with Crippen molar-refractivity contribution in [3.05, 3.63) is 11.6 Å². The van der Waals surface area contributed by atoms with E-state index in [0.717, 1.165) is 55.4 Å². The highest BCUT2D eigenvalue weighted by Gasteiger charge is 2.34. The molecular weight excluding hydrogens is 340 g/mol. The molecule has 0 amide bonds. The average Bonchev–Trinajstić information content (AvgIpc) is 3.41. The van der Waals surface area contributed by atoms with Crippen molar-refractivity contribution in [2.24, 2.45) is 23.9 Å². The van der Waals surface area contributed by atoms with Gasteiger partial charge in [-0.1, -0.05) is 19.3 Å². The van der Waals surface area contributed by atoms with Crippen LogP contribution in [0, 0.1) is 18.8 Å². The minimum absolute atomic E-state index is 0.305. The van der Waals surface area contributed by atoms with Gasteiger partial charge in [0.2, 0.25) is 0 Å². The molecule has 1 aromatic heterocycles. The third-order valence-corrected chi connectivity index (χ3v) is 6.71. The lowest BCUT2D eigenvalue weighted by atomic mass is 9.79. The Kier molecular flexibility index (Phi) is 5.95. The van der Waals surface area contributed by atoms with Crippen LogP contribution in [0.2, 0.25) is 0 Å². The Labute approximate surface area is 162 Å². The number of nitrogens with one attached hydrogen (secondary N) is 2. The predicted octanol–water partition coefficient (Wildman–Crippen LogP) is 2.31. The quantitative estimate of drug-likeness (QED) is 0.611. The van der Waals surface area contributed by atoms with Crippen LogP contribution in [0.25, 0.3) is 0 Å². The number of aliphatic imine (C=N–C) groups is 1. The summed E-state index contributed by atoms with van der Waals surface area (Å²) in [5.41, 5.74) is 0. The van der Waals surface area contributed by atoms with E-state index in [4.69, 9.17) is 9.73 Å². The van der Waals surface area contributed by atoms with E-state index in [-0.39, 0.29) is 0 Å². The van der Waals surface area contributed by atoms with Gasteiger partial charge in [-0.05, 0) is 50.9 Å². The monoisotopic (exact) mass is 374 g/mol. The van der Waals surface area contributed by atoms with E-state index >= 15 is 0 Å². The Morgan fingerprint density at radius 3 is 2.81 bits per heavy atom. The van der Waals surface area contributed by atoms with Crippen molar-refractivity contribution in [1.82, 2.24) is 25.4 Å². The molecule has 3 aliphatic rings. The Morgan fingerprint density at radius 2 is 2.04 bits per heavy atom. The second-order valence-corrected chi connectivity index (χ2v) is 8.51. The smallest absolute Gasteiger partial charge is 0.192 e. The molecule has 7 nitrogen and oxygen atoms in total. The van der Waals surface area contributed by atoms with Crippen LogP contribution in [-0.4, -0.2) is 46.0 Å². The number of nitrogens with zero attached hydrogens (tertiary/aromatic N) is 4. The number of aromatic nitrogens is 3. The number of hydrogen-bond donors (Lipinski definition) is 2. The number of ether oxygens (including phenoxy) is 1. The average molecular weight is 375 g/mol. The van der Waals surface area contributed by atoms with Crippen LogP contribution in [-0.2, 0) is 18.3 Å². The molecule has 4 unspecified atom stereocenters. The van der Waals surface area contributed by atoms with Crippen molar-refractivity contribution in [1.29, 1.82) is 0 Å². The number of fused-ring (bicyclic) bond motifs is 1. The number of rotatable bonds is 5. The predicted molar refractivity (Wildman–Crippen MR) is 105 cm³/mol. The lowest BCUT2D eigenvalue weighted by molar-refractivity contribution is 0.113. The molecule has 2 N–H and O–H groups in total. The van der Waals surface area contributed by atoms with E-state index < -0.39 is 0 Å². The number of aryl methyl sites for hydroxylation is 1. The van der Waals surface area contributed by atoms with Crippen LogP contribution in [0.1, 0.15) is 63.0 Å². The van der Waals surface area contributed by atoms with Crippen molar-refractivity contribution < 1.29 is 4.74 Å². The van der Waals surface area contributed by atoms with Gasteiger partial charge >= 0.3 is 0 Å². The first-order chi connectivity index (χ1) is 13.2. The van der Waals surface area contributed by atoms with Crippen molar-refractivity contribution in [3.63, 3.8) is 0 Å². The molecule has 27 heavy (non-hydrogen) atoms. The zero-order valence-corrected chi connectivity index (χ0v) is 16.8. The molecule has 1 aliphatic heterocycles. The topological polar surface area (TPSA) is 76.4 Å². The van der Waals surface area contributed by atoms with Crippen molar-refractivity contribution in [2.75, 3.05) is 13.2 Å². The molecule has 0 radical (unpaired) electrons. The van der Waals surface area contributed by atoms with E-state index in [0.29, 0.717) is 18.7 Å². The van der Waals surface area contributed by atoms with Gasteiger partial charge in [0, 0.05) is 26.2 Å². The lowest BCUT2D eigenvalue weighted by Crippen LogP contribution is -2.47. The SMILES string of the molecule is Cc1nnc(CN=C(NCC2CCCO2)NC2CCC3CCCC3C2)n1C. The maximum Gasteiger partial charge on any atom is 0.192 e. The standard InChI is InChI=1S/C20H34N6O/c1-14-24-25-19(26(14)2)13-22-20(21-12-18-7-4-10-27-18)23-17-9-8-15-5-3-6-16(15)11-17/h15-18H,3-13H2,1-2H3,(H2,21,22,23). The molecular formula is C20H34N6O. The summed E-state index contributed by atoms with van der Waals surface area (Å²) in [5, 5.41) is 15.6. The maximum atomic E-state index is 5.76. The van der Waals surface area contributed by atoms with Crippen LogP contribution >= 0.6 is 0 Å². The first-order valence-corrected chi connectivity index (χ1v) is 10.7. The molecule has 2 heterocycles. The largest absolute Gasteiger partial charge is 0.376 e. The summed E-state index contributed by atoms with van der Waals surface area (Å²) >= 11 is 0. The number of hydrogen-bond acceptors (Lipinski definition) is 4. The zero-order valence-electron chi connectivity index (χ0n) is 16.8. The molecule has 0 aromatic carbocycles. The fourth-order valence-corrected chi connectivity index (χ4v) is 4.93. The van der Waals surface area contributed by atoms with Gasteiger partial charge in [0.15, 0.2) is 11.8 Å². The Hall–Kier alpha value is -1.63. The lowest BCUT2D eigenvalue weighted by Gasteiger charge is -2.33. The zero-order chi connectivity index (χ0) is 18.6. The molecule has 150 valence electrons. The molecule has 4 rings (SSSR count). The Morgan fingerprint density at radius 1 is 1.15 bits per heavy atom. The van der Waals surface area contributed by atoms with Gasteiger partial charge < -0.3 is 19.9 Å². The van der Waals surface area contributed by atoms with Crippen LogP contribution in [0.4, 0.5) is 0 Å². The molecule has 0 bridgehead atoms. The third-order valence-electron chi connectivity index (χ3n) is 6.71. The summed E-state index contributed by atoms with van der Waals surface area (Å²) < 4.78 is 7.77. The van der Waals surface area contributed by atoms with Gasteiger partial charge in [0.05, 0.1) is 6.10 Å². The molecule has 7 heteroatoms. The Bertz CT molecular complexity index is 651. The van der Waals surface area contributed by atoms with Crippen LogP contribution in [0.15, 0.2) is 4.99 Å².